The number of benzene rings is 2. The lowest BCUT2D eigenvalue weighted by molar-refractivity contribution is -0.0454. The Labute approximate surface area is 203 Å². The lowest BCUT2D eigenvalue weighted by Crippen LogP contribution is -2.44. The van der Waals surface area contributed by atoms with E-state index in [-0.39, 0.29) is 11.4 Å². The van der Waals surface area contributed by atoms with Crippen LogP contribution in [0.3, 0.4) is 0 Å². The molecule has 0 aromatic heterocycles. The number of likely N-dealkylation sites (N-methyl/N-ethyl adjacent to an activating group) is 2. The van der Waals surface area contributed by atoms with Crippen LogP contribution < -0.4 is 5.32 Å². The van der Waals surface area contributed by atoms with Crippen molar-refractivity contribution in [2.45, 2.75) is 31.6 Å². The second-order valence-electron chi connectivity index (χ2n) is 7.86. The van der Waals surface area contributed by atoms with E-state index in [1.165, 1.54) is 29.6 Å². The first-order chi connectivity index (χ1) is 16.3. The molecule has 1 aliphatic heterocycles. The third-order valence-electron chi connectivity index (χ3n) is 5.28. The fourth-order valence-corrected chi connectivity index (χ4v) is 3.58. The number of nitrogens with zero attached hydrogens (tertiary/aromatic N) is 3. The Morgan fingerprint density at radius 2 is 2.00 bits per heavy atom. The van der Waals surface area contributed by atoms with Gasteiger partial charge in [-0.2, -0.15) is 3.89 Å². The molecule has 1 N–H and O–H groups in total. The highest BCUT2D eigenvalue weighted by atomic mass is 32.2. The van der Waals surface area contributed by atoms with E-state index in [4.69, 9.17) is 4.84 Å². The van der Waals surface area contributed by atoms with Gasteiger partial charge in [-0.25, -0.2) is 8.78 Å². The molecule has 2 atom stereocenters. The molecule has 0 bridgehead atoms. The number of nitrogens with one attached hydrogen (secondary N) is 1. The van der Waals surface area contributed by atoms with Gasteiger partial charge in [0.1, 0.15) is 5.82 Å². The second-order valence-corrected chi connectivity index (χ2v) is 8.81. The zero-order valence-corrected chi connectivity index (χ0v) is 20.6. The minimum Gasteiger partial charge on any atom is -0.364 e. The first-order valence-electron chi connectivity index (χ1n) is 10.9. The number of hydrogen-bond acceptors (Lipinski definition) is 7. The number of hydrogen-bond donors (Lipinski definition) is 1. The van der Waals surface area contributed by atoms with E-state index < -0.39 is 29.2 Å². The zero-order valence-electron chi connectivity index (χ0n) is 19.8. The van der Waals surface area contributed by atoms with E-state index in [9.17, 15) is 17.5 Å². The molecule has 2 aromatic rings. The smallest absolute Gasteiger partial charge is 0.247 e. The molecule has 0 spiro atoms. The van der Waals surface area contributed by atoms with Crippen LogP contribution in [-0.2, 0) is 11.4 Å². The minimum absolute atomic E-state index is 0.0953. The topological polar surface area (TPSA) is 57.2 Å². The van der Waals surface area contributed by atoms with Gasteiger partial charge in [-0.3, -0.25) is 9.69 Å². The third kappa shape index (κ3) is 7.48. The molecular weight excluding hydrogens is 465 g/mol. The van der Waals surface area contributed by atoms with Crippen LogP contribution in [0.5, 0.6) is 0 Å². The van der Waals surface area contributed by atoms with Gasteiger partial charge in [-0.1, -0.05) is 48.5 Å². The summed E-state index contributed by atoms with van der Waals surface area (Å²) in [6, 6.07) is 14.4. The van der Waals surface area contributed by atoms with Crippen molar-refractivity contribution in [3.8, 4) is 0 Å². The molecule has 34 heavy (non-hydrogen) atoms. The Morgan fingerprint density at radius 1 is 1.29 bits per heavy atom. The summed E-state index contributed by atoms with van der Waals surface area (Å²) in [7, 11) is 3.45. The lowest BCUT2D eigenvalue weighted by Gasteiger charge is -2.27. The van der Waals surface area contributed by atoms with Crippen LogP contribution >= 0.6 is 12.1 Å². The van der Waals surface area contributed by atoms with Gasteiger partial charge in [0.15, 0.2) is 12.1 Å². The van der Waals surface area contributed by atoms with Crippen LogP contribution in [-0.4, -0.2) is 66.9 Å². The normalized spacial score (nSPS) is 16.9. The van der Waals surface area contributed by atoms with Crippen molar-refractivity contribution in [2.24, 2.45) is 5.16 Å². The number of halogens is 3. The fourth-order valence-electron chi connectivity index (χ4n) is 3.30. The molecule has 2 aromatic carbocycles. The Balaban J connectivity index is 0.000000257. The first kappa shape index (κ1) is 27.7. The van der Waals surface area contributed by atoms with E-state index in [1.54, 1.807) is 0 Å². The Kier molecular flexibility index (Phi) is 10.9. The maximum absolute atomic E-state index is 13.9. The second kappa shape index (κ2) is 13.4. The number of alkyl halides is 1. The maximum atomic E-state index is 13.9. The summed E-state index contributed by atoms with van der Waals surface area (Å²) in [4.78, 5) is 19.1. The van der Waals surface area contributed by atoms with Gasteiger partial charge in [-0.05, 0) is 38.2 Å². The van der Waals surface area contributed by atoms with Crippen LogP contribution in [0.15, 0.2) is 53.7 Å². The SMILES string of the molecule is CCN(CCNC)Cc1ccccc1.CN1C(c2ccc(C=O)c(F)c2)=NOC1C(C)(F)SF. The molecule has 1 aliphatic rings. The lowest BCUT2D eigenvalue weighted by atomic mass is 10.1. The number of rotatable bonds is 10. The van der Waals surface area contributed by atoms with Gasteiger partial charge in [0.25, 0.3) is 0 Å². The maximum Gasteiger partial charge on any atom is 0.247 e. The van der Waals surface area contributed by atoms with Crippen LogP contribution in [0.4, 0.5) is 12.7 Å². The zero-order chi connectivity index (χ0) is 25.1. The highest BCUT2D eigenvalue weighted by Gasteiger charge is 2.46. The van der Waals surface area contributed by atoms with E-state index in [0.29, 0.717) is 11.8 Å². The van der Waals surface area contributed by atoms with Crippen molar-refractivity contribution in [2.75, 3.05) is 33.7 Å². The minimum atomic E-state index is -2.32. The quantitative estimate of drug-likeness (QED) is 0.485. The van der Waals surface area contributed by atoms with Crippen molar-refractivity contribution >= 4 is 24.3 Å². The number of oxime groups is 1. The van der Waals surface area contributed by atoms with Crippen LogP contribution in [0, 0.1) is 5.82 Å². The Hall–Kier alpha value is -2.56. The van der Waals surface area contributed by atoms with Gasteiger partial charge in [0.2, 0.25) is 11.2 Å². The molecular formula is C24H31F3N4O2S. The molecule has 0 aliphatic carbocycles. The average molecular weight is 497 g/mol. The van der Waals surface area contributed by atoms with E-state index in [2.05, 4.69) is 52.6 Å². The molecule has 3 rings (SSSR count). The fraction of sp³-hybridized carbons (Fsp3) is 0.417. The summed E-state index contributed by atoms with van der Waals surface area (Å²) in [5, 5.41) is 4.51. The van der Waals surface area contributed by atoms with Gasteiger partial charge in [-0.15, -0.1) is 0 Å². The van der Waals surface area contributed by atoms with Gasteiger partial charge >= 0.3 is 0 Å². The third-order valence-corrected chi connectivity index (χ3v) is 5.78. The molecule has 0 saturated heterocycles. The molecule has 0 saturated carbocycles. The van der Waals surface area contributed by atoms with E-state index >= 15 is 0 Å². The molecule has 6 nitrogen and oxygen atoms in total. The monoisotopic (exact) mass is 496 g/mol. The first-order valence-corrected chi connectivity index (χ1v) is 11.6. The summed E-state index contributed by atoms with van der Waals surface area (Å²) in [5.74, 6) is -0.566. The van der Waals surface area contributed by atoms with Crippen LogP contribution in [0.25, 0.3) is 0 Å². The molecule has 0 radical (unpaired) electrons. The summed E-state index contributed by atoms with van der Waals surface area (Å²) in [5.41, 5.74) is 1.60. The van der Waals surface area contributed by atoms with Gasteiger partial charge in [0.05, 0.1) is 17.7 Å². The molecule has 2 unspecified atom stereocenters. The molecule has 1 heterocycles. The van der Waals surface area contributed by atoms with Crippen molar-refractivity contribution in [3.63, 3.8) is 0 Å². The number of carbonyl (C=O) groups excluding carboxylic acids is 1. The van der Waals surface area contributed by atoms with Crippen molar-refractivity contribution in [1.29, 1.82) is 0 Å². The van der Waals surface area contributed by atoms with Gasteiger partial charge in [0, 0.05) is 32.2 Å². The van der Waals surface area contributed by atoms with Crippen LogP contribution in [0.1, 0.15) is 35.3 Å². The predicted molar refractivity (Wildman–Crippen MR) is 130 cm³/mol. The van der Waals surface area contributed by atoms with E-state index in [1.807, 2.05) is 7.05 Å². The average Bonchev–Trinajstić information content (AvgIpc) is 3.24. The van der Waals surface area contributed by atoms with Crippen molar-refractivity contribution in [1.82, 2.24) is 15.1 Å². The molecule has 0 fully saturated rings. The van der Waals surface area contributed by atoms with Crippen molar-refractivity contribution < 1.29 is 22.3 Å². The molecule has 0 amide bonds. The van der Waals surface area contributed by atoms with Gasteiger partial charge < -0.3 is 15.1 Å². The number of amidine groups is 1. The largest absolute Gasteiger partial charge is 0.364 e. The predicted octanol–water partition coefficient (Wildman–Crippen LogP) is 4.62. The highest BCUT2D eigenvalue weighted by molar-refractivity contribution is 7.95. The summed E-state index contributed by atoms with van der Waals surface area (Å²) >= 11 is -0.493. The Bertz CT molecular complexity index is 947. The van der Waals surface area contributed by atoms with Crippen molar-refractivity contribution in [3.05, 3.63) is 71.0 Å². The summed E-state index contributed by atoms with van der Waals surface area (Å²) in [6.07, 6.45) is -0.877. The number of aldehydes is 1. The van der Waals surface area contributed by atoms with E-state index in [0.717, 1.165) is 39.2 Å². The molecule has 10 heteroatoms. The van der Waals surface area contributed by atoms with Crippen LogP contribution in [0.2, 0.25) is 0 Å². The number of carbonyl (C=O) groups is 1. The highest BCUT2D eigenvalue weighted by Crippen LogP contribution is 2.37. The summed E-state index contributed by atoms with van der Waals surface area (Å²) < 4.78 is 40.0. The summed E-state index contributed by atoms with van der Waals surface area (Å²) in [6.45, 7) is 7.56. The Morgan fingerprint density at radius 3 is 2.56 bits per heavy atom. The standard InChI is InChI=1S/C12H11F3N2O2S.C12H20N2/c1-12(14,20-15)11-17(2)10(16-19-11)7-3-4-8(6-18)9(13)5-7;1-3-14(10-9-13-2)11-12-7-5-4-6-8-12/h3-6,11H,1-2H3;4-8,13H,3,9-11H2,1-2H3. The molecule has 186 valence electrons.